The highest BCUT2D eigenvalue weighted by Crippen LogP contribution is 2.43. The molecule has 4 heterocycles. The molecule has 0 N–H and O–H groups in total. The summed E-state index contributed by atoms with van der Waals surface area (Å²) in [5, 5.41) is 11.1. The SMILES string of the molecule is c1ccc(-c2nc(-c3cccc4c3oc3ccccc34)nc(-c3cc(-n4c5cc6ccccc6cc5c5cc6ccccc6cc54)cc4oc5ccccc5c34)n2)cc1. The molecule has 0 saturated carbocycles. The van der Waals surface area contributed by atoms with Crippen LogP contribution in [-0.2, 0) is 0 Å². The molecule has 13 rings (SSSR count). The Labute approximate surface area is 336 Å². The first-order chi connectivity index (χ1) is 29.2. The molecule has 0 spiro atoms. The lowest BCUT2D eigenvalue weighted by atomic mass is 10.0. The number of rotatable bonds is 4. The minimum absolute atomic E-state index is 0.527. The van der Waals surface area contributed by atoms with Crippen LogP contribution in [0.5, 0.6) is 0 Å². The Morgan fingerprint density at radius 1 is 0.356 bits per heavy atom. The van der Waals surface area contributed by atoms with Crippen molar-refractivity contribution >= 4 is 87.2 Å². The normalized spacial score (nSPS) is 12.1. The molecular formula is C53H30N4O2. The fourth-order valence-corrected chi connectivity index (χ4v) is 9.07. The molecule has 13 aromatic rings. The van der Waals surface area contributed by atoms with E-state index in [1.165, 1.54) is 32.3 Å². The van der Waals surface area contributed by atoms with Gasteiger partial charge in [0.2, 0.25) is 0 Å². The summed E-state index contributed by atoms with van der Waals surface area (Å²) in [6, 6.07) is 63.4. The van der Waals surface area contributed by atoms with Crippen molar-refractivity contribution in [2.24, 2.45) is 0 Å². The van der Waals surface area contributed by atoms with E-state index >= 15 is 0 Å². The molecule has 274 valence electrons. The van der Waals surface area contributed by atoms with Gasteiger partial charge in [0.25, 0.3) is 0 Å². The van der Waals surface area contributed by atoms with Crippen LogP contribution in [0.3, 0.4) is 0 Å². The maximum Gasteiger partial charge on any atom is 0.167 e. The van der Waals surface area contributed by atoms with Gasteiger partial charge in [-0.3, -0.25) is 0 Å². The zero-order valence-corrected chi connectivity index (χ0v) is 31.4. The molecule has 6 nitrogen and oxygen atoms in total. The molecule has 0 amide bonds. The van der Waals surface area contributed by atoms with E-state index in [2.05, 4.69) is 114 Å². The van der Waals surface area contributed by atoms with Gasteiger partial charge < -0.3 is 13.4 Å². The van der Waals surface area contributed by atoms with E-state index in [1.807, 2.05) is 72.8 Å². The van der Waals surface area contributed by atoms with Gasteiger partial charge in [0, 0.05) is 49.5 Å². The van der Waals surface area contributed by atoms with Crippen LogP contribution in [0, 0.1) is 0 Å². The average molecular weight is 755 g/mol. The van der Waals surface area contributed by atoms with Gasteiger partial charge in [-0.1, -0.05) is 127 Å². The summed E-state index contributed by atoms with van der Waals surface area (Å²) in [6.07, 6.45) is 0. The first-order valence-corrected chi connectivity index (χ1v) is 19.8. The second kappa shape index (κ2) is 12.2. The topological polar surface area (TPSA) is 69.9 Å². The summed E-state index contributed by atoms with van der Waals surface area (Å²) in [6.45, 7) is 0. The average Bonchev–Trinajstić information content (AvgIpc) is 3.96. The molecular weight excluding hydrogens is 725 g/mol. The molecule has 0 unspecified atom stereocenters. The predicted molar refractivity (Wildman–Crippen MR) is 240 cm³/mol. The van der Waals surface area contributed by atoms with Gasteiger partial charge in [-0.05, 0) is 70.1 Å². The third-order valence-electron chi connectivity index (χ3n) is 11.8. The monoisotopic (exact) mass is 754 g/mol. The summed E-state index contributed by atoms with van der Waals surface area (Å²) in [5.74, 6) is 1.64. The summed E-state index contributed by atoms with van der Waals surface area (Å²) >= 11 is 0. The van der Waals surface area contributed by atoms with Crippen molar-refractivity contribution in [3.8, 4) is 39.9 Å². The predicted octanol–water partition coefficient (Wildman–Crippen LogP) is 14.1. The van der Waals surface area contributed by atoms with Crippen molar-refractivity contribution < 1.29 is 8.83 Å². The summed E-state index contributed by atoms with van der Waals surface area (Å²) in [7, 11) is 0. The van der Waals surface area contributed by atoms with Crippen molar-refractivity contribution in [2.45, 2.75) is 0 Å². The molecule has 9 aromatic carbocycles. The lowest BCUT2D eigenvalue weighted by Crippen LogP contribution is -2.02. The second-order valence-electron chi connectivity index (χ2n) is 15.2. The Bertz CT molecular complexity index is 3760. The smallest absolute Gasteiger partial charge is 0.167 e. The van der Waals surface area contributed by atoms with Crippen LogP contribution in [0.25, 0.3) is 127 Å². The van der Waals surface area contributed by atoms with Crippen molar-refractivity contribution in [1.82, 2.24) is 19.5 Å². The van der Waals surface area contributed by atoms with Crippen molar-refractivity contribution in [2.75, 3.05) is 0 Å². The van der Waals surface area contributed by atoms with Crippen molar-refractivity contribution in [1.29, 1.82) is 0 Å². The van der Waals surface area contributed by atoms with Crippen molar-refractivity contribution in [3.05, 3.63) is 182 Å². The van der Waals surface area contributed by atoms with Gasteiger partial charge in [0.15, 0.2) is 17.5 Å². The lowest BCUT2D eigenvalue weighted by molar-refractivity contribution is 0.668. The number of hydrogen-bond acceptors (Lipinski definition) is 5. The van der Waals surface area contributed by atoms with Crippen LogP contribution >= 0.6 is 0 Å². The number of furan rings is 2. The molecule has 0 aliphatic carbocycles. The van der Waals surface area contributed by atoms with Crippen LogP contribution in [0.15, 0.2) is 191 Å². The molecule has 0 radical (unpaired) electrons. The first kappa shape index (κ1) is 32.0. The molecule has 4 aromatic heterocycles. The Hall–Kier alpha value is -8.09. The lowest BCUT2D eigenvalue weighted by Gasteiger charge is -2.13. The summed E-state index contributed by atoms with van der Waals surface area (Å²) in [5.41, 5.74) is 8.78. The van der Waals surface area contributed by atoms with Gasteiger partial charge in [-0.2, -0.15) is 0 Å². The van der Waals surface area contributed by atoms with Gasteiger partial charge >= 0.3 is 0 Å². The van der Waals surface area contributed by atoms with E-state index in [4.69, 9.17) is 23.8 Å². The second-order valence-corrected chi connectivity index (χ2v) is 15.2. The molecule has 0 bridgehead atoms. The summed E-state index contributed by atoms with van der Waals surface area (Å²) in [4.78, 5) is 15.8. The van der Waals surface area contributed by atoms with E-state index in [-0.39, 0.29) is 0 Å². The zero-order chi connectivity index (χ0) is 38.6. The third kappa shape index (κ3) is 4.84. The van der Waals surface area contributed by atoms with Crippen LogP contribution < -0.4 is 0 Å². The molecule has 0 atom stereocenters. The highest BCUT2D eigenvalue weighted by atomic mass is 16.3. The molecule has 0 aliphatic rings. The van der Waals surface area contributed by atoms with E-state index in [9.17, 15) is 0 Å². The maximum absolute atomic E-state index is 6.74. The van der Waals surface area contributed by atoms with E-state index in [1.54, 1.807) is 0 Å². The number of hydrogen-bond donors (Lipinski definition) is 0. The maximum atomic E-state index is 6.74. The van der Waals surface area contributed by atoms with E-state index < -0.39 is 0 Å². The largest absolute Gasteiger partial charge is 0.456 e. The van der Waals surface area contributed by atoms with Crippen LogP contribution in [-0.4, -0.2) is 19.5 Å². The van der Waals surface area contributed by atoms with E-state index in [0.717, 1.165) is 77.3 Å². The quantitative estimate of drug-likeness (QED) is 0.179. The number of aromatic nitrogens is 4. The Kier molecular flexibility index (Phi) is 6.63. The highest BCUT2D eigenvalue weighted by Gasteiger charge is 2.23. The van der Waals surface area contributed by atoms with E-state index in [0.29, 0.717) is 17.5 Å². The van der Waals surface area contributed by atoms with Gasteiger partial charge in [0.1, 0.15) is 22.3 Å². The first-order valence-electron chi connectivity index (χ1n) is 19.8. The Morgan fingerprint density at radius 3 is 1.59 bits per heavy atom. The third-order valence-corrected chi connectivity index (χ3v) is 11.8. The minimum Gasteiger partial charge on any atom is -0.456 e. The molecule has 59 heavy (non-hydrogen) atoms. The van der Waals surface area contributed by atoms with Crippen LogP contribution in [0.1, 0.15) is 0 Å². The Morgan fingerprint density at radius 2 is 0.898 bits per heavy atom. The Balaban J connectivity index is 1.15. The van der Waals surface area contributed by atoms with Crippen LogP contribution in [0.2, 0.25) is 0 Å². The zero-order valence-electron chi connectivity index (χ0n) is 31.4. The fourth-order valence-electron chi connectivity index (χ4n) is 9.07. The number of benzene rings is 9. The molecule has 0 fully saturated rings. The molecule has 6 heteroatoms. The minimum atomic E-state index is 0.527. The molecule has 0 saturated heterocycles. The fraction of sp³-hybridized carbons (Fsp3) is 0. The number of nitrogens with zero attached hydrogens (tertiary/aromatic N) is 4. The summed E-state index contributed by atoms with van der Waals surface area (Å²) < 4.78 is 15.6. The number of fused-ring (bicyclic) bond motifs is 11. The van der Waals surface area contributed by atoms with Crippen LogP contribution in [0.4, 0.5) is 0 Å². The standard InChI is InChI=1S/C53H30N4O2/c1-2-13-31(14-3-1)51-54-52(40-22-12-21-38-37-19-8-10-23-46(37)59-50(38)40)56-53(55-51)43-29-36(30-48-49(43)39-20-9-11-24-47(39)58-48)57-44-27-34-17-6-4-15-32(34)25-41(44)42-26-33-16-5-7-18-35(33)28-45(42)57/h1-30H. The van der Waals surface area contributed by atoms with Gasteiger partial charge in [-0.15, -0.1) is 0 Å². The van der Waals surface area contributed by atoms with Gasteiger partial charge in [-0.25, -0.2) is 15.0 Å². The molecule has 0 aliphatic heterocycles. The highest BCUT2D eigenvalue weighted by molar-refractivity contribution is 6.18. The van der Waals surface area contributed by atoms with Gasteiger partial charge in [0.05, 0.1) is 22.3 Å². The van der Waals surface area contributed by atoms with Crippen molar-refractivity contribution in [3.63, 3.8) is 0 Å². The number of para-hydroxylation sites is 3.